The second-order valence-corrected chi connectivity index (χ2v) is 9.18. The molecule has 3 aromatic rings. The number of hydrogen-bond acceptors (Lipinski definition) is 12. The van der Waals surface area contributed by atoms with Crippen LogP contribution in [0.4, 0.5) is 11.4 Å². The SMILES string of the molecule is CN(C)CCOC(=O)c1ccccc1N/N=c1\ccc(=O)/c(=N\Nc2ccccc2C(=O)OCCN(C)C)c1=O. The first-order valence-electron chi connectivity index (χ1n) is 12.4. The van der Waals surface area contributed by atoms with Gasteiger partial charge in [0.25, 0.3) is 0 Å². The molecule has 0 amide bonds. The summed E-state index contributed by atoms with van der Waals surface area (Å²) in [5, 5.41) is 7.55. The summed E-state index contributed by atoms with van der Waals surface area (Å²) in [4.78, 5) is 54.3. The zero-order chi connectivity index (χ0) is 29.1. The molecule has 0 aliphatic rings. The Bertz CT molecular complexity index is 1560. The van der Waals surface area contributed by atoms with Crippen molar-refractivity contribution in [2.24, 2.45) is 10.2 Å². The van der Waals surface area contributed by atoms with Gasteiger partial charge >= 0.3 is 11.9 Å². The molecule has 0 fully saturated rings. The summed E-state index contributed by atoms with van der Waals surface area (Å²) in [5.74, 6) is -1.12. The monoisotopic (exact) mass is 548 g/mol. The number of ether oxygens (including phenoxy) is 2. The summed E-state index contributed by atoms with van der Waals surface area (Å²) in [6, 6.07) is 15.4. The first-order chi connectivity index (χ1) is 19.2. The molecule has 0 heterocycles. The summed E-state index contributed by atoms with van der Waals surface area (Å²) in [6.07, 6.45) is 0. The zero-order valence-electron chi connectivity index (χ0n) is 22.8. The highest BCUT2D eigenvalue weighted by molar-refractivity contribution is 5.96. The predicted octanol–water partition coefficient (Wildman–Crippen LogP) is 0.575. The lowest BCUT2D eigenvalue weighted by Gasteiger charge is -2.11. The third-order valence-electron chi connectivity index (χ3n) is 5.50. The van der Waals surface area contributed by atoms with Crippen molar-refractivity contribution in [2.75, 3.05) is 65.3 Å². The zero-order valence-corrected chi connectivity index (χ0v) is 22.8. The normalized spacial score (nSPS) is 12.1. The Kier molecular flexibility index (Phi) is 10.8. The van der Waals surface area contributed by atoms with E-state index < -0.39 is 28.2 Å². The van der Waals surface area contributed by atoms with Crippen molar-refractivity contribution >= 4 is 23.3 Å². The topological polar surface area (TPSA) is 142 Å². The molecule has 0 aliphatic carbocycles. The molecule has 0 saturated heterocycles. The minimum atomic E-state index is -0.746. The number of hydrogen-bond donors (Lipinski definition) is 2. The lowest BCUT2D eigenvalue weighted by molar-refractivity contribution is 0.0473. The lowest BCUT2D eigenvalue weighted by Crippen LogP contribution is -2.48. The Morgan fingerprint density at radius 1 is 0.700 bits per heavy atom. The van der Waals surface area contributed by atoms with Gasteiger partial charge < -0.3 is 19.3 Å². The second-order valence-electron chi connectivity index (χ2n) is 9.18. The molecule has 0 spiro atoms. The maximum Gasteiger partial charge on any atom is 0.340 e. The Labute approximate surface area is 230 Å². The minimum Gasteiger partial charge on any atom is -0.461 e. The van der Waals surface area contributed by atoms with Gasteiger partial charge in [0.15, 0.2) is 5.36 Å². The van der Waals surface area contributed by atoms with E-state index in [1.165, 1.54) is 6.07 Å². The quantitative estimate of drug-likeness (QED) is 0.244. The van der Waals surface area contributed by atoms with Crippen LogP contribution in [0.1, 0.15) is 20.7 Å². The highest BCUT2D eigenvalue weighted by atomic mass is 16.5. The van der Waals surface area contributed by atoms with E-state index in [1.54, 1.807) is 48.5 Å². The van der Waals surface area contributed by atoms with Crippen LogP contribution in [0.2, 0.25) is 0 Å². The number of carbonyl (C=O) groups excluding carboxylic acids is 2. The van der Waals surface area contributed by atoms with E-state index in [1.807, 2.05) is 38.0 Å². The maximum atomic E-state index is 13.0. The van der Waals surface area contributed by atoms with Gasteiger partial charge in [0.1, 0.15) is 18.6 Å². The lowest BCUT2D eigenvalue weighted by atomic mass is 10.2. The summed E-state index contributed by atoms with van der Waals surface area (Å²) >= 11 is 0. The fraction of sp³-hybridized carbons (Fsp3) is 0.286. The van der Waals surface area contributed by atoms with E-state index in [4.69, 9.17) is 9.47 Å². The third kappa shape index (κ3) is 8.41. The summed E-state index contributed by atoms with van der Waals surface area (Å²) in [7, 11) is 7.46. The Morgan fingerprint density at radius 2 is 1.18 bits per heavy atom. The summed E-state index contributed by atoms with van der Waals surface area (Å²) in [5.41, 5.74) is 4.97. The molecule has 12 nitrogen and oxygen atoms in total. The molecule has 12 heteroatoms. The van der Waals surface area contributed by atoms with Crippen LogP contribution in [-0.2, 0) is 9.47 Å². The van der Waals surface area contributed by atoms with Crippen LogP contribution in [0, 0.1) is 0 Å². The van der Waals surface area contributed by atoms with Gasteiger partial charge in [0, 0.05) is 13.1 Å². The molecule has 0 unspecified atom stereocenters. The van der Waals surface area contributed by atoms with Crippen LogP contribution in [0.25, 0.3) is 0 Å². The van der Waals surface area contributed by atoms with Crippen molar-refractivity contribution < 1.29 is 19.1 Å². The van der Waals surface area contributed by atoms with Gasteiger partial charge in [-0.05, 0) is 64.6 Å². The van der Waals surface area contributed by atoms with Crippen molar-refractivity contribution in [1.82, 2.24) is 9.80 Å². The highest BCUT2D eigenvalue weighted by Gasteiger charge is 2.14. The Hall–Kier alpha value is -4.68. The Morgan fingerprint density at radius 3 is 1.68 bits per heavy atom. The number of carbonyl (C=O) groups is 2. The van der Waals surface area contributed by atoms with Crippen molar-refractivity contribution in [3.63, 3.8) is 0 Å². The molecule has 0 saturated carbocycles. The molecule has 40 heavy (non-hydrogen) atoms. The fourth-order valence-corrected chi connectivity index (χ4v) is 3.29. The predicted molar refractivity (Wildman–Crippen MR) is 150 cm³/mol. The number of benzene rings is 3. The van der Waals surface area contributed by atoms with Gasteiger partial charge in [0.2, 0.25) is 10.9 Å². The molecule has 0 atom stereocenters. The van der Waals surface area contributed by atoms with E-state index in [0.717, 1.165) is 6.07 Å². The molecule has 0 bridgehead atoms. The maximum absolute atomic E-state index is 13.0. The average molecular weight is 549 g/mol. The van der Waals surface area contributed by atoms with E-state index in [2.05, 4.69) is 21.1 Å². The van der Waals surface area contributed by atoms with Gasteiger partial charge in [-0.2, -0.15) is 10.2 Å². The average Bonchev–Trinajstić information content (AvgIpc) is 2.92. The highest BCUT2D eigenvalue weighted by Crippen LogP contribution is 2.17. The standard InChI is InChI=1S/C28H32N6O6/c1-33(2)15-17-39-27(37)19-9-5-7-11-21(19)29-31-23-13-14-24(35)25(26(23)36)32-30-22-12-8-6-10-20(22)28(38)40-18-16-34(3)4/h5-14,29-30H,15-18H2,1-4H3/b31-23+,32-25+. The van der Waals surface area contributed by atoms with Crippen LogP contribution >= 0.6 is 0 Å². The van der Waals surface area contributed by atoms with Crippen molar-refractivity contribution in [3.05, 3.63) is 103 Å². The second kappa shape index (κ2) is 14.5. The number of anilines is 2. The molecule has 0 aliphatic heterocycles. The molecule has 210 valence electrons. The van der Waals surface area contributed by atoms with Gasteiger partial charge in [-0.25, -0.2) is 9.59 Å². The molecule has 3 aromatic carbocycles. The minimum absolute atomic E-state index is 0.104. The number of esters is 2. The largest absolute Gasteiger partial charge is 0.461 e. The van der Waals surface area contributed by atoms with Crippen molar-refractivity contribution in [3.8, 4) is 0 Å². The van der Waals surface area contributed by atoms with Gasteiger partial charge in [-0.15, -0.1) is 0 Å². The van der Waals surface area contributed by atoms with E-state index in [9.17, 15) is 19.2 Å². The number of nitrogens with zero attached hydrogens (tertiary/aromatic N) is 4. The third-order valence-corrected chi connectivity index (χ3v) is 5.50. The molecule has 0 radical (unpaired) electrons. The van der Waals surface area contributed by atoms with E-state index in [0.29, 0.717) is 18.8 Å². The van der Waals surface area contributed by atoms with Crippen LogP contribution < -0.4 is 32.4 Å². The number of nitrogens with one attached hydrogen (secondary N) is 2. The van der Waals surface area contributed by atoms with Crippen molar-refractivity contribution in [2.45, 2.75) is 0 Å². The van der Waals surface area contributed by atoms with E-state index >= 15 is 0 Å². The molecule has 3 rings (SSSR count). The number of rotatable bonds is 12. The molecule has 0 aromatic heterocycles. The van der Waals surface area contributed by atoms with Crippen LogP contribution in [0.3, 0.4) is 0 Å². The first-order valence-corrected chi connectivity index (χ1v) is 12.4. The Balaban J connectivity index is 1.84. The van der Waals surface area contributed by atoms with E-state index in [-0.39, 0.29) is 35.4 Å². The molecule has 2 N–H and O–H groups in total. The number of likely N-dealkylation sites (N-methyl/N-ethyl adjacent to an activating group) is 2. The summed E-state index contributed by atoms with van der Waals surface area (Å²) in [6.45, 7) is 1.52. The van der Waals surface area contributed by atoms with Gasteiger partial charge in [0.05, 0.1) is 22.5 Å². The molecular weight excluding hydrogens is 516 g/mol. The summed E-state index contributed by atoms with van der Waals surface area (Å²) < 4.78 is 10.6. The fourth-order valence-electron chi connectivity index (χ4n) is 3.29. The van der Waals surface area contributed by atoms with Crippen LogP contribution in [0.5, 0.6) is 0 Å². The number of para-hydroxylation sites is 2. The van der Waals surface area contributed by atoms with Gasteiger partial charge in [-0.1, -0.05) is 24.3 Å². The van der Waals surface area contributed by atoms with Crippen LogP contribution in [-0.4, -0.2) is 76.2 Å². The molecular formula is C28H32N6O6. The smallest absolute Gasteiger partial charge is 0.340 e. The first kappa shape index (κ1) is 29.9. The van der Waals surface area contributed by atoms with Crippen molar-refractivity contribution in [1.29, 1.82) is 0 Å². The van der Waals surface area contributed by atoms with Crippen LogP contribution in [0.15, 0.2) is 80.5 Å². The van der Waals surface area contributed by atoms with Gasteiger partial charge in [-0.3, -0.25) is 20.4 Å².